The zero-order valence-corrected chi connectivity index (χ0v) is 15.7. The Kier molecular flexibility index (Phi) is 5.62. The first-order valence-electron chi connectivity index (χ1n) is 9.30. The maximum Gasteiger partial charge on any atom is 0.0314 e. The Morgan fingerprint density at radius 1 is 0.577 bits per heavy atom. The van der Waals surface area contributed by atoms with Gasteiger partial charge < -0.3 is 11.5 Å². The number of nitrogens with two attached hydrogens (primary N) is 2. The minimum absolute atomic E-state index is 0.462. The van der Waals surface area contributed by atoms with Crippen molar-refractivity contribution < 1.29 is 0 Å². The van der Waals surface area contributed by atoms with Crippen molar-refractivity contribution in [2.45, 2.75) is 38.5 Å². The molecule has 0 saturated heterocycles. The molecule has 3 aromatic rings. The standard InChI is InChI=1S/C24H28N2/c1-17(19-7-11-23(25)12-8-19)15-21-5-3-4-6-22(21)16-18(2)20-9-13-24(26)14-10-20/h3-14,17-18H,15-16,25-26H2,1-2H3. The minimum Gasteiger partial charge on any atom is -0.399 e. The highest BCUT2D eigenvalue weighted by molar-refractivity contribution is 5.42. The molecule has 0 heterocycles. The van der Waals surface area contributed by atoms with E-state index < -0.39 is 0 Å². The lowest BCUT2D eigenvalue weighted by Crippen LogP contribution is -2.05. The van der Waals surface area contributed by atoms with E-state index in [0.29, 0.717) is 11.8 Å². The van der Waals surface area contributed by atoms with Crippen LogP contribution in [-0.4, -0.2) is 0 Å². The third kappa shape index (κ3) is 4.45. The first-order chi connectivity index (χ1) is 12.5. The summed E-state index contributed by atoms with van der Waals surface area (Å²) in [6.07, 6.45) is 2.07. The lowest BCUT2D eigenvalue weighted by atomic mass is 9.87. The normalized spacial score (nSPS) is 13.3. The van der Waals surface area contributed by atoms with Crippen LogP contribution in [0.5, 0.6) is 0 Å². The van der Waals surface area contributed by atoms with E-state index in [1.807, 2.05) is 24.3 Å². The largest absolute Gasteiger partial charge is 0.399 e. The van der Waals surface area contributed by atoms with Gasteiger partial charge in [0.15, 0.2) is 0 Å². The van der Waals surface area contributed by atoms with Gasteiger partial charge in [0.2, 0.25) is 0 Å². The van der Waals surface area contributed by atoms with Gasteiger partial charge in [0.1, 0.15) is 0 Å². The average Bonchev–Trinajstić information content (AvgIpc) is 2.64. The Morgan fingerprint density at radius 3 is 1.27 bits per heavy atom. The highest BCUT2D eigenvalue weighted by Gasteiger charge is 2.13. The van der Waals surface area contributed by atoms with E-state index in [2.05, 4.69) is 62.4 Å². The van der Waals surface area contributed by atoms with Crippen LogP contribution in [-0.2, 0) is 12.8 Å². The van der Waals surface area contributed by atoms with Gasteiger partial charge in [-0.1, -0.05) is 62.4 Å². The van der Waals surface area contributed by atoms with Crippen molar-refractivity contribution in [1.29, 1.82) is 0 Å². The Hall–Kier alpha value is -2.74. The average molecular weight is 345 g/mol. The highest BCUT2D eigenvalue weighted by atomic mass is 14.5. The molecule has 0 aromatic heterocycles. The van der Waals surface area contributed by atoms with Gasteiger partial charge in [-0.05, 0) is 71.2 Å². The quantitative estimate of drug-likeness (QED) is 0.577. The molecule has 2 atom stereocenters. The molecule has 0 spiro atoms. The monoisotopic (exact) mass is 344 g/mol. The van der Waals surface area contributed by atoms with E-state index in [0.717, 1.165) is 24.2 Å². The Bertz CT molecular complexity index is 762. The predicted octanol–water partition coefficient (Wildman–Crippen LogP) is 5.54. The molecule has 2 heteroatoms. The van der Waals surface area contributed by atoms with Crippen molar-refractivity contribution in [2.24, 2.45) is 0 Å². The summed E-state index contributed by atoms with van der Waals surface area (Å²) < 4.78 is 0. The molecule has 0 aliphatic carbocycles. The van der Waals surface area contributed by atoms with Crippen molar-refractivity contribution in [3.05, 3.63) is 95.1 Å². The highest BCUT2D eigenvalue weighted by Crippen LogP contribution is 2.27. The number of benzene rings is 3. The topological polar surface area (TPSA) is 52.0 Å². The van der Waals surface area contributed by atoms with E-state index in [-0.39, 0.29) is 0 Å². The van der Waals surface area contributed by atoms with Gasteiger partial charge in [0.25, 0.3) is 0 Å². The molecule has 26 heavy (non-hydrogen) atoms. The molecule has 2 unspecified atom stereocenters. The van der Waals surface area contributed by atoms with Crippen molar-refractivity contribution in [1.82, 2.24) is 0 Å². The molecule has 3 rings (SSSR count). The zero-order valence-electron chi connectivity index (χ0n) is 15.7. The van der Waals surface area contributed by atoms with Gasteiger partial charge in [0, 0.05) is 11.4 Å². The van der Waals surface area contributed by atoms with E-state index >= 15 is 0 Å². The van der Waals surface area contributed by atoms with Crippen molar-refractivity contribution in [2.75, 3.05) is 11.5 Å². The lowest BCUT2D eigenvalue weighted by molar-refractivity contribution is 0.720. The van der Waals surface area contributed by atoms with Crippen LogP contribution < -0.4 is 11.5 Å². The minimum atomic E-state index is 0.462. The summed E-state index contributed by atoms with van der Waals surface area (Å²) in [5.41, 5.74) is 18.8. The Morgan fingerprint density at radius 2 is 0.923 bits per heavy atom. The van der Waals surface area contributed by atoms with Crippen LogP contribution in [0.3, 0.4) is 0 Å². The summed E-state index contributed by atoms with van der Waals surface area (Å²) in [6.45, 7) is 4.57. The first kappa shape index (κ1) is 18.1. The molecule has 0 aliphatic rings. The van der Waals surface area contributed by atoms with E-state index in [1.165, 1.54) is 22.3 Å². The summed E-state index contributed by atoms with van der Waals surface area (Å²) in [4.78, 5) is 0. The van der Waals surface area contributed by atoms with Crippen LogP contribution in [0.15, 0.2) is 72.8 Å². The van der Waals surface area contributed by atoms with Gasteiger partial charge in [0.05, 0.1) is 0 Å². The summed E-state index contributed by atoms with van der Waals surface area (Å²) in [6, 6.07) is 25.3. The van der Waals surface area contributed by atoms with Crippen LogP contribution >= 0.6 is 0 Å². The summed E-state index contributed by atoms with van der Waals surface area (Å²) >= 11 is 0. The molecule has 134 valence electrons. The molecule has 0 amide bonds. The Balaban J connectivity index is 1.75. The van der Waals surface area contributed by atoms with Crippen LogP contribution in [0.2, 0.25) is 0 Å². The van der Waals surface area contributed by atoms with Gasteiger partial charge in [-0.3, -0.25) is 0 Å². The van der Waals surface area contributed by atoms with Crippen LogP contribution in [0.1, 0.15) is 47.9 Å². The number of rotatable bonds is 6. The maximum atomic E-state index is 5.82. The second kappa shape index (κ2) is 8.09. The van der Waals surface area contributed by atoms with Gasteiger partial charge in [-0.25, -0.2) is 0 Å². The maximum absolute atomic E-state index is 5.82. The molecular formula is C24H28N2. The lowest BCUT2D eigenvalue weighted by Gasteiger charge is -2.18. The van der Waals surface area contributed by atoms with Gasteiger partial charge in [-0.15, -0.1) is 0 Å². The smallest absolute Gasteiger partial charge is 0.0314 e. The molecule has 0 fully saturated rings. The first-order valence-corrected chi connectivity index (χ1v) is 9.30. The predicted molar refractivity (Wildman–Crippen MR) is 112 cm³/mol. The molecule has 0 aliphatic heterocycles. The summed E-state index contributed by atoms with van der Waals surface area (Å²) in [5.74, 6) is 0.923. The SMILES string of the molecule is CC(Cc1ccccc1CC(C)c1ccc(N)cc1)c1ccc(N)cc1. The van der Waals surface area contributed by atoms with Crippen molar-refractivity contribution >= 4 is 11.4 Å². The van der Waals surface area contributed by atoms with Crippen LogP contribution in [0.4, 0.5) is 11.4 Å². The second-order valence-electron chi connectivity index (χ2n) is 7.31. The molecule has 0 bridgehead atoms. The van der Waals surface area contributed by atoms with Crippen molar-refractivity contribution in [3.8, 4) is 0 Å². The van der Waals surface area contributed by atoms with Crippen LogP contribution in [0, 0.1) is 0 Å². The third-order valence-corrected chi connectivity index (χ3v) is 5.18. The number of hydrogen-bond donors (Lipinski definition) is 2. The molecule has 0 radical (unpaired) electrons. The summed E-state index contributed by atoms with van der Waals surface area (Å²) in [5, 5.41) is 0. The fourth-order valence-electron chi connectivity index (χ4n) is 3.50. The Labute approximate surface area is 156 Å². The van der Waals surface area contributed by atoms with E-state index in [1.54, 1.807) is 0 Å². The molecule has 4 N–H and O–H groups in total. The number of nitrogen functional groups attached to an aromatic ring is 2. The van der Waals surface area contributed by atoms with Crippen molar-refractivity contribution in [3.63, 3.8) is 0 Å². The van der Waals surface area contributed by atoms with E-state index in [9.17, 15) is 0 Å². The van der Waals surface area contributed by atoms with Gasteiger partial charge >= 0.3 is 0 Å². The fraction of sp³-hybridized carbons (Fsp3) is 0.250. The number of anilines is 2. The fourth-order valence-corrected chi connectivity index (χ4v) is 3.50. The zero-order chi connectivity index (χ0) is 18.5. The third-order valence-electron chi connectivity index (χ3n) is 5.18. The van der Waals surface area contributed by atoms with Crippen LogP contribution in [0.25, 0.3) is 0 Å². The molecule has 3 aromatic carbocycles. The molecular weight excluding hydrogens is 316 g/mol. The summed E-state index contributed by atoms with van der Waals surface area (Å²) in [7, 11) is 0. The number of hydrogen-bond acceptors (Lipinski definition) is 2. The van der Waals surface area contributed by atoms with Gasteiger partial charge in [-0.2, -0.15) is 0 Å². The molecule has 0 saturated carbocycles. The second-order valence-corrected chi connectivity index (χ2v) is 7.31. The van der Waals surface area contributed by atoms with E-state index in [4.69, 9.17) is 11.5 Å². The molecule has 2 nitrogen and oxygen atoms in total.